The highest BCUT2D eigenvalue weighted by Crippen LogP contribution is 2.27. The van der Waals surface area contributed by atoms with Gasteiger partial charge in [-0.15, -0.1) is 0 Å². The summed E-state index contributed by atoms with van der Waals surface area (Å²) in [5.41, 5.74) is 2.07. The number of sulfonamides is 1. The van der Waals surface area contributed by atoms with Crippen LogP contribution in [0, 0.1) is 5.92 Å². The average molecular weight is 295 g/mol. The van der Waals surface area contributed by atoms with Gasteiger partial charge < -0.3 is 0 Å². The molecule has 1 atom stereocenters. The van der Waals surface area contributed by atoms with Crippen LogP contribution in [0.5, 0.6) is 0 Å². The molecule has 0 aliphatic heterocycles. The lowest BCUT2D eigenvalue weighted by molar-refractivity contribution is -0.114. The van der Waals surface area contributed by atoms with Gasteiger partial charge in [0.15, 0.2) is 0 Å². The standard InChI is InChI=1S/C15H21NO3S/c1-11(2)12(3)14-8-6-5-7-13(14)9-10-15(17)16-20(4,18)19/h5-12H,1-4H3,(H,16,17)/b10-9+. The first-order valence-electron chi connectivity index (χ1n) is 6.49. The van der Waals surface area contributed by atoms with Gasteiger partial charge in [0.05, 0.1) is 6.26 Å². The van der Waals surface area contributed by atoms with Gasteiger partial charge in [0, 0.05) is 6.08 Å². The number of nitrogens with one attached hydrogen (secondary N) is 1. The summed E-state index contributed by atoms with van der Waals surface area (Å²) in [5.74, 6) is 0.197. The minimum atomic E-state index is -3.52. The first kappa shape index (κ1) is 16.4. The molecular formula is C15H21NO3S. The van der Waals surface area contributed by atoms with Gasteiger partial charge in [0.2, 0.25) is 10.0 Å². The molecule has 0 saturated carbocycles. The third kappa shape index (κ3) is 5.17. The molecule has 0 aliphatic carbocycles. The van der Waals surface area contributed by atoms with E-state index in [9.17, 15) is 13.2 Å². The highest BCUT2D eigenvalue weighted by Gasteiger charge is 2.12. The Labute approximate surface area is 120 Å². The van der Waals surface area contributed by atoms with Crippen molar-refractivity contribution >= 4 is 22.0 Å². The minimum Gasteiger partial charge on any atom is -0.269 e. The highest BCUT2D eigenvalue weighted by atomic mass is 32.2. The van der Waals surface area contributed by atoms with Gasteiger partial charge in [-0.25, -0.2) is 13.1 Å². The Morgan fingerprint density at radius 3 is 2.35 bits per heavy atom. The predicted molar refractivity (Wildman–Crippen MR) is 81.7 cm³/mol. The van der Waals surface area contributed by atoms with Crippen molar-refractivity contribution in [2.24, 2.45) is 5.92 Å². The molecule has 1 rings (SSSR count). The van der Waals surface area contributed by atoms with Crippen molar-refractivity contribution in [3.8, 4) is 0 Å². The minimum absolute atomic E-state index is 0.355. The Balaban J connectivity index is 2.96. The second kappa shape index (κ2) is 6.70. The Morgan fingerprint density at radius 2 is 1.80 bits per heavy atom. The molecule has 0 fully saturated rings. The third-order valence-electron chi connectivity index (χ3n) is 3.19. The van der Waals surface area contributed by atoms with Crippen molar-refractivity contribution < 1.29 is 13.2 Å². The molecule has 0 aliphatic rings. The number of carbonyl (C=O) groups excluding carboxylic acids is 1. The fraction of sp³-hybridized carbons (Fsp3) is 0.400. The molecule has 4 nitrogen and oxygen atoms in total. The summed E-state index contributed by atoms with van der Waals surface area (Å²) >= 11 is 0. The molecule has 110 valence electrons. The molecule has 20 heavy (non-hydrogen) atoms. The van der Waals surface area contributed by atoms with E-state index in [1.807, 2.05) is 29.0 Å². The Kier molecular flexibility index (Phi) is 5.51. The number of benzene rings is 1. The largest absolute Gasteiger partial charge is 0.269 e. The third-order valence-corrected chi connectivity index (χ3v) is 3.76. The Bertz CT molecular complexity index is 603. The number of amides is 1. The first-order chi connectivity index (χ1) is 9.20. The molecule has 1 N–H and O–H groups in total. The SMILES string of the molecule is CC(C)C(C)c1ccccc1/C=C/C(=O)NS(C)(=O)=O. The molecule has 1 unspecified atom stereocenters. The fourth-order valence-electron chi connectivity index (χ4n) is 1.82. The van der Waals surface area contributed by atoms with Gasteiger partial charge in [-0.05, 0) is 29.0 Å². The van der Waals surface area contributed by atoms with E-state index in [1.54, 1.807) is 6.08 Å². The van der Waals surface area contributed by atoms with E-state index >= 15 is 0 Å². The lowest BCUT2D eigenvalue weighted by Gasteiger charge is -2.18. The summed E-state index contributed by atoms with van der Waals surface area (Å²) in [5, 5.41) is 0. The normalized spacial score (nSPS) is 13.7. The van der Waals surface area contributed by atoms with E-state index in [4.69, 9.17) is 0 Å². The maximum Gasteiger partial charge on any atom is 0.257 e. The smallest absolute Gasteiger partial charge is 0.257 e. The summed E-state index contributed by atoms with van der Waals surface area (Å²) in [4.78, 5) is 11.5. The summed E-state index contributed by atoms with van der Waals surface area (Å²) in [6.07, 6.45) is 3.84. The summed E-state index contributed by atoms with van der Waals surface area (Å²) in [6.45, 7) is 6.41. The zero-order chi connectivity index (χ0) is 15.3. The molecule has 0 heterocycles. The van der Waals surface area contributed by atoms with E-state index in [1.165, 1.54) is 6.08 Å². The second-order valence-electron chi connectivity index (χ2n) is 5.23. The Hall–Kier alpha value is -1.62. The molecule has 0 radical (unpaired) electrons. The van der Waals surface area contributed by atoms with Gasteiger partial charge in [0.25, 0.3) is 5.91 Å². The van der Waals surface area contributed by atoms with Gasteiger partial charge in [-0.3, -0.25) is 4.79 Å². The van der Waals surface area contributed by atoms with Gasteiger partial charge in [0.1, 0.15) is 0 Å². The van der Waals surface area contributed by atoms with Crippen molar-refractivity contribution in [1.82, 2.24) is 4.72 Å². The van der Waals surface area contributed by atoms with Crippen LogP contribution in [-0.2, 0) is 14.8 Å². The van der Waals surface area contributed by atoms with E-state index in [0.29, 0.717) is 11.8 Å². The lowest BCUT2D eigenvalue weighted by Crippen LogP contribution is -2.27. The van der Waals surface area contributed by atoms with Gasteiger partial charge >= 0.3 is 0 Å². The number of hydrogen-bond acceptors (Lipinski definition) is 3. The maximum absolute atomic E-state index is 11.5. The van der Waals surface area contributed by atoms with Crippen LogP contribution in [0.15, 0.2) is 30.3 Å². The molecule has 1 amide bonds. The molecule has 0 bridgehead atoms. The number of rotatable bonds is 5. The van der Waals surface area contributed by atoms with Crippen LogP contribution in [0.4, 0.5) is 0 Å². The zero-order valence-corrected chi connectivity index (χ0v) is 13.1. The molecule has 1 aromatic rings. The molecule has 0 aromatic heterocycles. The van der Waals surface area contributed by atoms with Crippen LogP contribution in [0.2, 0.25) is 0 Å². The average Bonchev–Trinajstić information content (AvgIpc) is 2.33. The molecule has 5 heteroatoms. The van der Waals surface area contributed by atoms with E-state index in [-0.39, 0.29) is 0 Å². The highest BCUT2D eigenvalue weighted by molar-refractivity contribution is 7.89. The Morgan fingerprint density at radius 1 is 1.20 bits per heavy atom. The van der Waals surface area contributed by atoms with E-state index in [2.05, 4.69) is 20.8 Å². The predicted octanol–water partition coefficient (Wildman–Crippen LogP) is 2.54. The van der Waals surface area contributed by atoms with Crippen LogP contribution >= 0.6 is 0 Å². The van der Waals surface area contributed by atoms with Crippen molar-refractivity contribution in [2.45, 2.75) is 26.7 Å². The summed E-state index contributed by atoms with van der Waals surface area (Å²) < 4.78 is 23.8. The first-order valence-corrected chi connectivity index (χ1v) is 8.38. The zero-order valence-electron chi connectivity index (χ0n) is 12.3. The van der Waals surface area contributed by atoms with Gasteiger partial charge in [-0.2, -0.15) is 0 Å². The van der Waals surface area contributed by atoms with Crippen molar-refractivity contribution in [3.05, 3.63) is 41.5 Å². The number of carbonyl (C=O) groups is 1. The van der Waals surface area contributed by atoms with E-state index < -0.39 is 15.9 Å². The van der Waals surface area contributed by atoms with Crippen LogP contribution in [0.25, 0.3) is 6.08 Å². The van der Waals surface area contributed by atoms with Crippen LogP contribution in [-0.4, -0.2) is 20.6 Å². The second-order valence-corrected chi connectivity index (χ2v) is 6.98. The topological polar surface area (TPSA) is 63.2 Å². The fourth-order valence-corrected chi connectivity index (χ4v) is 2.25. The van der Waals surface area contributed by atoms with Crippen LogP contribution in [0.3, 0.4) is 0 Å². The summed E-state index contributed by atoms with van der Waals surface area (Å²) in [6, 6.07) is 7.80. The van der Waals surface area contributed by atoms with Gasteiger partial charge in [-0.1, -0.05) is 45.0 Å². The molecule has 1 aromatic carbocycles. The van der Waals surface area contributed by atoms with E-state index in [0.717, 1.165) is 17.4 Å². The maximum atomic E-state index is 11.5. The van der Waals surface area contributed by atoms with Crippen molar-refractivity contribution in [3.63, 3.8) is 0 Å². The number of hydrogen-bond donors (Lipinski definition) is 1. The van der Waals surface area contributed by atoms with Crippen LogP contribution < -0.4 is 4.72 Å². The van der Waals surface area contributed by atoms with Crippen molar-refractivity contribution in [1.29, 1.82) is 0 Å². The van der Waals surface area contributed by atoms with Crippen LogP contribution in [0.1, 0.15) is 37.8 Å². The molecular weight excluding hydrogens is 274 g/mol. The quantitative estimate of drug-likeness (QED) is 0.849. The monoisotopic (exact) mass is 295 g/mol. The lowest BCUT2D eigenvalue weighted by atomic mass is 9.87. The van der Waals surface area contributed by atoms with Crippen molar-refractivity contribution in [2.75, 3.05) is 6.26 Å². The molecule has 0 saturated heterocycles. The molecule has 0 spiro atoms. The summed E-state index contributed by atoms with van der Waals surface area (Å²) in [7, 11) is -3.52.